The normalized spacial score (nSPS) is 16.6. The Morgan fingerprint density at radius 3 is 2.71 bits per heavy atom. The minimum atomic E-state index is -0.313. The molecule has 0 aliphatic carbocycles. The summed E-state index contributed by atoms with van der Waals surface area (Å²) in [5, 5.41) is 2.98. The Morgan fingerprint density at radius 2 is 2.10 bits per heavy atom. The van der Waals surface area contributed by atoms with Gasteiger partial charge in [0, 0.05) is 16.5 Å². The monoisotopic (exact) mass is 307 g/mol. The molecule has 0 aromatic heterocycles. The molecule has 1 saturated heterocycles. The number of nitrogens with zero attached hydrogens (tertiary/aromatic N) is 1. The van der Waals surface area contributed by atoms with Crippen LogP contribution in [0.15, 0.2) is 29.2 Å². The Bertz CT molecular complexity index is 513. The van der Waals surface area contributed by atoms with E-state index >= 15 is 0 Å². The lowest BCUT2D eigenvalue weighted by molar-refractivity contribution is -0.122. The second-order valence-electron chi connectivity index (χ2n) is 5.24. The first-order chi connectivity index (χ1) is 10.1. The number of hydrogen-bond acceptors (Lipinski definition) is 4. The van der Waals surface area contributed by atoms with Crippen LogP contribution in [0.1, 0.15) is 12.8 Å². The Kier molecular flexibility index (Phi) is 5.64. The highest BCUT2D eigenvalue weighted by atomic mass is 32.2. The number of amides is 2. The number of carbonyl (C=O) groups is 2. The maximum absolute atomic E-state index is 12.3. The largest absolute Gasteiger partial charge is 0.369 e. The number of anilines is 1. The third kappa shape index (κ3) is 4.75. The van der Waals surface area contributed by atoms with Crippen LogP contribution in [0.3, 0.4) is 0 Å². The molecule has 0 radical (unpaired) electrons. The molecule has 1 aliphatic rings. The molecular formula is C15H21N3O2S. The molecule has 21 heavy (non-hydrogen) atoms. The van der Waals surface area contributed by atoms with Gasteiger partial charge in [-0.3, -0.25) is 14.5 Å². The van der Waals surface area contributed by atoms with Gasteiger partial charge >= 0.3 is 0 Å². The van der Waals surface area contributed by atoms with E-state index in [4.69, 9.17) is 5.73 Å². The highest BCUT2D eigenvalue weighted by molar-refractivity contribution is 7.98. The van der Waals surface area contributed by atoms with Crippen molar-refractivity contribution in [1.29, 1.82) is 0 Å². The zero-order chi connectivity index (χ0) is 15.2. The Morgan fingerprint density at radius 1 is 1.38 bits per heavy atom. The van der Waals surface area contributed by atoms with Gasteiger partial charge in [0.15, 0.2) is 0 Å². The van der Waals surface area contributed by atoms with E-state index in [0.29, 0.717) is 0 Å². The number of rotatable bonds is 5. The quantitative estimate of drug-likeness (QED) is 0.809. The van der Waals surface area contributed by atoms with Gasteiger partial charge in [-0.2, -0.15) is 0 Å². The van der Waals surface area contributed by atoms with E-state index < -0.39 is 0 Å². The number of benzene rings is 1. The fourth-order valence-electron chi connectivity index (χ4n) is 2.52. The minimum Gasteiger partial charge on any atom is -0.369 e. The van der Waals surface area contributed by atoms with Crippen LogP contribution in [0.4, 0.5) is 5.69 Å². The number of nitrogens with one attached hydrogen (secondary N) is 1. The molecule has 6 heteroatoms. The van der Waals surface area contributed by atoms with Crippen molar-refractivity contribution in [2.45, 2.75) is 17.7 Å². The van der Waals surface area contributed by atoms with Crippen LogP contribution in [0.2, 0.25) is 0 Å². The van der Waals surface area contributed by atoms with Gasteiger partial charge in [-0.05, 0) is 50.4 Å². The summed E-state index contributed by atoms with van der Waals surface area (Å²) in [6, 6.07) is 7.84. The predicted octanol–water partition coefficient (Wildman–Crippen LogP) is 1.54. The molecule has 3 N–H and O–H groups in total. The van der Waals surface area contributed by atoms with E-state index in [2.05, 4.69) is 5.32 Å². The zero-order valence-corrected chi connectivity index (χ0v) is 13.0. The number of carbonyl (C=O) groups excluding carboxylic acids is 2. The summed E-state index contributed by atoms with van der Waals surface area (Å²) in [4.78, 5) is 26.3. The molecule has 0 saturated carbocycles. The lowest BCUT2D eigenvalue weighted by atomic mass is 9.96. The number of piperidine rings is 1. The van der Waals surface area contributed by atoms with Crippen LogP contribution in [-0.4, -0.2) is 42.6 Å². The molecule has 1 aliphatic heterocycles. The summed E-state index contributed by atoms with van der Waals surface area (Å²) >= 11 is 1.65. The average Bonchev–Trinajstić information content (AvgIpc) is 2.47. The minimum absolute atomic E-state index is 0.00654. The van der Waals surface area contributed by atoms with Gasteiger partial charge in [0.2, 0.25) is 11.8 Å². The lowest BCUT2D eigenvalue weighted by Crippen LogP contribution is -2.42. The molecule has 1 aromatic carbocycles. The molecule has 114 valence electrons. The third-order valence-corrected chi connectivity index (χ3v) is 4.40. The molecular weight excluding hydrogens is 286 g/mol. The molecule has 2 amide bonds. The van der Waals surface area contributed by atoms with Gasteiger partial charge in [0.05, 0.1) is 6.54 Å². The van der Waals surface area contributed by atoms with Crippen molar-refractivity contribution >= 4 is 29.3 Å². The SMILES string of the molecule is CSc1cccc(NC(=O)C2CCN(CC(N)=O)CC2)c1. The molecule has 1 aromatic rings. The molecule has 0 atom stereocenters. The Labute approximate surface area is 129 Å². The van der Waals surface area contributed by atoms with Crippen LogP contribution in [0.25, 0.3) is 0 Å². The van der Waals surface area contributed by atoms with E-state index in [-0.39, 0.29) is 24.3 Å². The van der Waals surface area contributed by atoms with Crippen molar-refractivity contribution in [2.24, 2.45) is 11.7 Å². The van der Waals surface area contributed by atoms with Crippen LogP contribution >= 0.6 is 11.8 Å². The maximum atomic E-state index is 12.3. The molecule has 0 unspecified atom stereocenters. The van der Waals surface area contributed by atoms with Crippen LogP contribution in [-0.2, 0) is 9.59 Å². The summed E-state index contributed by atoms with van der Waals surface area (Å²) < 4.78 is 0. The van der Waals surface area contributed by atoms with Crippen LogP contribution in [0, 0.1) is 5.92 Å². The fraction of sp³-hybridized carbons (Fsp3) is 0.467. The second kappa shape index (κ2) is 7.47. The van der Waals surface area contributed by atoms with Gasteiger partial charge in [0.1, 0.15) is 0 Å². The van der Waals surface area contributed by atoms with Gasteiger partial charge in [-0.25, -0.2) is 0 Å². The van der Waals surface area contributed by atoms with Crippen molar-refractivity contribution in [1.82, 2.24) is 4.90 Å². The first-order valence-electron chi connectivity index (χ1n) is 7.04. The summed E-state index contributed by atoms with van der Waals surface area (Å²) in [5.41, 5.74) is 6.02. The molecule has 0 bridgehead atoms. The smallest absolute Gasteiger partial charge is 0.231 e. The van der Waals surface area contributed by atoms with Gasteiger partial charge in [0.25, 0.3) is 0 Å². The molecule has 0 spiro atoms. The topological polar surface area (TPSA) is 75.4 Å². The van der Waals surface area contributed by atoms with Crippen molar-refractivity contribution in [3.05, 3.63) is 24.3 Å². The van der Waals surface area contributed by atoms with E-state index in [1.54, 1.807) is 11.8 Å². The predicted molar refractivity (Wildman–Crippen MR) is 85.2 cm³/mol. The zero-order valence-electron chi connectivity index (χ0n) is 12.2. The highest BCUT2D eigenvalue weighted by Gasteiger charge is 2.25. The van der Waals surface area contributed by atoms with Gasteiger partial charge in [-0.1, -0.05) is 6.07 Å². The summed E-state index contributed by atoms with van der Waals surface area (Å²) in [6.45, 7) is 1.77. The van der Waals surface area contributed by atoms with Crippen molar-refractivity contribution in [3.8, 4) is 0 Å². The Hall–Kier alpha value is -1.53. The molecule has 1 heterocycles. The molecule has 5 nitrogen and oxygen atoms in total. The lowest BCUT2D eigenvalue weighted by Gasteiger charge is -2.30. The second-order valence-corrected chi connectivity index (χ2v) is 6.12. The fourth-order valence-corrected chi connectivity index (χ4v) is 2.98. The van der Waals surface area contributed by atoms with Gasteiger partial charge < -0.3 is 11.1 Å². The Balaban J connectivity index is 1.85. The van der Waals surface area contributed by atoms with Crippen molar-refractivity contribution in [2.75, 3.05) is 31.2 Å². The van der Waals surface area contributed by atoms with Crippen LogP contribution < -0.4 is 11.1 Å². The maximum Gasteiger partial charge on any atom is 0.231 e. The summed E-state index contributed by atoms with van der Waals surface area (Å²) in [7, 11) is 0. The number of likely N-dealkylation sites (tertiary alicyclic amines) is 1. The molecule has 2 rings (SSSR count). The van der Waals surface area contributed by atoms with Gasteiger partial charge in [-0.15, -0.1) is 11.8 Å². The standard InChI is InChI=1S/C15H21N3O2S/c1-21-13-4-2-3-12(9-13)17-15(20)11-5-7-18(8-6-11)10-14(16)19/h2-4,9,11H,5-8,10H2,1H3,(H2,16,19)(H,17,20). The first-order valence-corrected chi connectivity index (χ1v) is 8.26. The van der Waals surface area contributed by atoms with E-state index in [9.17, 15) is 9.59 Å². The molecule has 1 fully saturated rings. The first kappa shape index (κ1) is 15.9. The van der Waals surface area contributed by atoms with Crippen molar-refractivity contribution < 1.29 is 9.59 Å². The highest BCUT2D eigenvalue weighted by Crippen LogP contribution is 2.22. The number of hydrogen-bond donors (Lipinski definition) is 2. The average molecular weight is 307 g/mol. The third-order valence-electron chi connectivity index (χ3n) is 3.68. The van der Waals surface area contributed by atoms with E-state index in [1.165, 1.54) is 0 Å². The summed E-state index contributed by atoms with van der Waals surface area (Å²) in [5.74, 6) is -0.245. The van der Waals surface area contributed by atoms with Crippen molar-refractivity contribution in [3.63, 3.8) is 0 Å². The number of thioether (sulfide) groups is 1. The van der Waals surface area contributed by atoms with E-state index in [1.807, 2.05) is 35.4 Å². The number of primary amides is 1. The van der Waals surface area contributed by atoms with Crippen LogP contribution in [0.5, 0.6) is 0 Å². The number of nitrogens with two attached hydrogens (primary N) is 1. The summed E-state index contributed by atoms with van der Waals surface area (Å²) in [6.07, 6.45) is 3.54. The van der Waals surface area contributed by atoms with E-state index in [0.717, 1.165) is 36.5 Å².